The molecule has 2 heterocycles. The third-order valence-electron chi connectivity index (χ3n) is 5.31. The Labute approximate surface area is 162 Å². The van der Waals surface area contributed by atoms with Gasteiger partial charge in [0.1, 0.15) is 0 Å². The van der Waals surface area contributed by atoms with Crippen molar-refractivity contribution in [1.29, 1.82) is 0 Å². The Balaban J connectivity index is 1.47. The number of anilines is 2. The second-order valence-corrected chi connectivity index (χ2v) is 9.50. The van der Waals surface area contributed by atoms with Crippen LogP contribution in [0.5, 0.6) is 0 Å². The van der Waals surface area contributed by atoms with Crippen molar-refractivity contribution in [3.8, 4) is 0 Å². The fraction of sp³-hybridized carbons (Fsp3) is 0.632. The van der Waals surface area contributed by atoms with Crippen LogP contribution in [-0.4, -0.2) is 75.6 Å². The van der Waals surface area contributed by atoms with Crippen molar-refractivity contribution in [2.24, 2.45) is 0 Å². The van der Waals surface area contributed by atoms with Crippen molar-refractivity contribution < 1.29 is 13.2 Å². The molecule has 2 aliphatic rings. The lowest BCUT2D eigenvalue weighted by atomic mass is 10.2. The fourth-order valence-electron chi connectivity index (χ4n) is 3.54. The topological polar surface area (TPSA) is 73.0 Å². The zero-order valence-electron chi connectivity index (χ0n) is 16.1. The number of likely N-dealkylation sites (N-methyl/N-ethyl adjacent to an activating group) is 1. The van der Waals surface area contributed by atoms with E-state index in [4.69, 9.17) is 0 Å². The largest absolute Gasteiger partial charge is 0.369 e. The molecule has 2 saturated heterocycles. The molecule has 0 aromatic heterocycles. The number of hydrogen-bond acceptors (Lipinski definition) is 5. The van der Waals surface area contributed by atoms with Gasteiger partial charge in [-0.05, 0) is 44.2 Å². The maximum absolute atomic E-state index is 12.3. The Morgan fingerprint density at radius 1 is 0.963 bits per heavy atom. The summed E-state index contributed by atoms with van der Waals surface area (Å²) in [5.41, 5.74) is 1.85. The second kappa shape index (κ2) is 9.03. The fourth-order valence-corrected chi connectivity index (χ4v) is 5.05. The first-order chi connectivity index (χ1) is 12.9. The number of carbonyl (C=O) groups is 1. The van der Waals surface area contributed by atoms with E-state index in [0.29, 0.717) is 18.8 Å². The molecule has 2 aliphatic heterocycles. The molecular weight excluding hydrogens is 364 g/mol. The summed E-state index contributed by atoms with van der Waals surface area (Å²) < 4.78 is 26.2. The van der Waals surface area contributed by atoms with Gasteiger partial charge in [0.05, 0.1) is 5.75 Å². The molecule has 8 heteroatoms. The number of nitrogens with one attached hydrogen (secondary N) is 1. The average molecular weight is 395 g/mol. The Hall–Kier alpha value is -1.64. The lowest BCUT2D eigenvalue weighted by molar-refractivity contribution is -0.115. The van der Waals surface area contributed by atoms with Gasteiger partial charge in [0.15, 0.2) is 0 Å². The van der Waals surface area contributed by atoms with E-state index in [0.717, 1.165) is 51.1 Å². The van der Waals surface area contributed by atoms with Crippen molar-refractivity contribution in [2.45, 2.75) is 25.7 Å². The zero-order valence-corrected chi connectivity index (χ0v) is 16.9. The highest BCUT2D eigenvalue weighted by atomic mass is 32.2. The summed E-state index contributed by atoms with van der Waals surface area (Å²) in [5, 5.41) is 2.81. The third-order valence-corrected chi connectivity index (χ3v) is 7.19. The van der Waals surface area contributed by atoms with Gasteiger partial charge in [0, 0.05) is 57.1 Å². The molecular formula is C19H30N4O3S. The third kappa shape index (κ3) is 5.67. The van der Waals surface area contributed by atoms with E-state index in [1.54, 1.807) is 0 Å². The van der Waals surface area contributed by atoms with Crippen LogP contribution in [0.1, 0.15) is 25.7 Å². The van der Waals surface area contributed by atoms with E-state index in [-0.39, 0.29) is 18.1 Å². The molecule has 1 aromatic rings. The SMILES string of the molecule is CN1CCN(c2ccc(NC(=O)CCS(=O)(=O)N3CCCCC3)cc2)CC1. The van der Waals surface area contributed by atoms with Gasteiger partial charge in [-0.1, -0.05) is 6.42 Å². The van der Waals surface area contributed by atoms with Gasteiger partial charge < -0.3 is 15.1 Å². The minimum absolute atomic E-state index is 0.0148. The molecule has 27 heavy (non-hydrogen) atoms. The van der Waals surface area contributed by atoms with Crippen LogP contribution in [0.15, 0.2) is 24.3 Å². The van der Waals surface area contributed by atoms with E-state index in [2.05, 4.69) is 22.2 Å². The highest BCUT2D eigenvalue weighted by Gasteiger charge is 2.24. The number of sulfonamides is 1. The molecule has 3 rings (SSSR count). The van der Waals surface area contributed by atoms with Crippen LogP contribution < -0.4 is 10.2 Å². The van der Waals surface area contributed by atoms with Gasteiger partial charge in [0.2, 0.25) is 15.9 Å². The summed E-state index contributed by atoms with van der Waals surface area (Å²) in [4.78, 5) is 16.8. The monoisotopic (exact) mass is 394 g/mol. The number of benzene rings is 1. The Kier molecular flexibility index (Phi) is 6.73. The summed E-state index contributed by atoms with van der Waals surface area (Å²) in [6.07, 6.45) is 2.88. The highest BCUT2D eigenvalue weighted by Crippen LogP contribution is 2.20. The van der Waals surface area contributed by atoms with Gasteiger partial charge in [0.25, 0.3) is 0 Å². The van der Waals surface area contributed by atoms with Crippen LogP contribution in [-0.2, 0) is 14.8 Å². The molecule has 150 valence electrons. The summed E-state index contributed by atoms with van der Waals surface area (Å²) in [5.74, 6) is -0.388. The Bertz CT molecular complexity index is 722. The van der Waals surface area contributed by atoms with Crippen LogP contribution in [0.2, 0.25) is 0 Å². The molecule has 7 nitrogen and oxygen atoms in total. The van der Waals surface area contributed by atoms with E-state index < -0.39 is 10.0 Å². The number of amides is 1. The van der Waals surface area contributed by atoms with Crippen LogP contribution in [0, 0.1) is 0 Å². The number of hydrogen-bond donors (Lipinski definition) is 1. The van der Waals surface area contributed by atoms with Gasteiger partial charge in [-0.15, -0.1) is 0 Å². The van der Waals surface area contributed by atoms with Crippen molar-refractivity contribution in [2.75, 3.05) is 62.3 Å². The van der Waals surface area contributed by atoms with Gasteiger partial charge >= 0.3 is 0 Å². The van der Waals surface area contributed by atoms with Gasteiger partial charge in [-0.2, -0.15) is 0 Å². The number of piperidine rings is 1. The van der Waals surface area contributed by atoms with E-state index in [9.17, 15) is 13.2 Å². The van der Waals surface area contributed by atoms with Crippen molar-refractivity contribution >= 4 is 27.3 Å². The number of carbonyl (C=O) groups excluding carboxylic acids is 1. The molecule has 0 radical (unpaired) electrons. The molecule has 1 N–H and O–H groups in total. The molecule has 0 unspecified atom stereocenters. The van der Waals surface area contributed by atoms with Crippen LogP contribution in [0.3, 0.4) is 0 Å². The molecule has 1 aromatic carbocycles. The normalized spacial score (nSPS) is 19.8. The lowest BCUT2D eigenvalue weighted by Crippen LogP contribution is -2.44. The average Bonchev–Trinajstić information content (AvgIpc) is 2.68. The smallest absolute Gasteiger partial charge is 0.225 e. The van der Waals surface area contributed by atoms with Crippen LogP contribution in [0.4, 0.5) is 11.4 Å². The predicted molar refractivity (Wildman–Crippen MR) is 109 cm³/mol. The molecule has 0 bridgehead atoms. The first-order valence-corrected chi connectivity index (χ1v) is 11.4. The van der Waals surface area contributed by atoms with Crippen molar-refractivity contribution in [3.05, 3.63) is 24.3 Å². The van der Waals surface area contributed by atoms with Gasteiger partial charge in [-0.25, -0.2) is 12.7 Å². The van der Waals surface area contributed by atoms with Crippen molar-refractivity contribution in [3.63, 3.8) is 0 Å². The molecule has 0 spiro atoms. The quantitative estimate of drug-likeness (QED) is 0.793. The Morgan fingerprint density at radius 2 is 1.59 bits per heavy atom. The lowest BCUT2D eigenvalue weighted by Gasteiger charge is -2.34. The minimum atomic E-state index is -3.33. The molecule has 1 amide bonds. The van der Waals surface area contributed by atoms with Crippen LogP contribution in [0.25, 0.3) is 0 Å². The second-order valence-electron chi connectivity index (χ2n) is 7.41. The summed E-state index contributed by atoms with van der Waals surface area (Å²) >= 11 is 0. The van der Waals surface area contributed by atoms with E-state index in [1.165, 1.54) is 4.31 Å². The van der Waals surface area contributed by atoms with Crippen LogP contribution >= 0.6 is 0 Å². The highest BCUT2D eigenvalue weighted by molar-refractivity contribution is 7.89. The van der Waals surface area contributed by atoms with Gasteiger partial charge in [-0.3, -0.25) is 4.79 Å². The first-order valence-electron chi connectivity index (χ1n) is 9.75. The Morgan fingerprint density at radius 3 is 2.22 bits per heavy atom. The number of rotatable bonds is 6. The maximum atomic E-state index is 12.3. The summed E-state index contributed by atoms with van der Waals surface area (Å²) in [6.45, 7) is 5.25. The van der Waals surface area contributed by atoms with E-state index >= 15 is 0 Å². The summed E-state index contributed by atoms with van der Waals surface area (Å²) in [7, 11) is -1.21. The molecule has 0 saturated carbocycles. The standard InChI is InChI=1S/C19H30N4O3S/c1-21-12-14-22(15-13-21)18-7-5-17(6-8-18)20-19(24)9-16-27(25,26)23-10-3-2-4-11-23/h5-8H,2-4,9-16H2,1H3,(H,20,24). The predicted octanol–water partition coefficient (Wildman–Crippen LogP) is 1.58. The van der Waals surface area contributed by atoms with E-state index in [1.807, 2.05) is 24.3 Å². The summed E-state index contributed by atoms with van der Waals surface area (Å²) in [6, 6.07) is 7.77. The maximum Gasteiger partial charge on any atom is 0.225 e. The zero-order chi connectivity index (χ0) is 19.3. The number of nitrogens with zero attached hydrogens (tertiary/aromatic N) is 3. The molecule has 0 aliphatic carbocycles. The van der Waals surface area contributed by atoms with Crippen molar-refractivity contribution in [1.82, 2.24) is 9.21 Å². The minimum Gasteiger partial charge on any atom is -0.369 e. The molecule has 2 fully saturated rings. The molecule has 0 atom stereocenters. The number of piperazine rings is 1. The first kappa shape index (κ1) is 20.1.